The van der Waals surface area contributed by atoms with Gasteiger partial charge in [0, 0.05) is 30.8 Å². The Balaban J connectivity index is 2.70. The van der Waals surface area contributed by atoms with Crippen LogP contribution in [0.4, 0.5) is 0 Å². The van der Waals surface area contributed by atoms with E-state index in [-0.39, 0.29) is 18.4 Å². The second kappa shape index (κ2) is 8.17. The molecule has 1 unspecified atom stereocenters. The molecule has 2 N–H and O–H groups in total. The summed E-state index contributed by atoms with van der Waals surface area (Å²) in [6.45, 7) is 6.66. The third-order valence-electron chi connectivity index (χ3n) is 3.44. The summed E-state index contributed by atoms with van der Waals surface area (Å²) < 4.78 is 0. The lowest BCUT2D eigenvalue weighted by Gasteiger charge is -2.18. The normalized spacial score (nSPS) is 11.6. The predicted molar refractivity (Wildman–Crippen MR) is 82.8 cm³/mol. The zero-order valence-electron chi connectivity index (χ0n) is 13.1. The average molecular weight is 306 g/mol. The van der Waals surface area contributed by atoms with Crippen molar-refractivity contribution in [2.45, 2.75) is 20.8 Å². The minimum atomic E-state index is -0.958. The largest absolute Gasteiger partial charge is 0.481 e. The zero-order chi connectivity index (χ0) is 16.7. The monoisotopic (exact) mass is 306 g/mol. The Kier molecular flexibility index (Phi) is 6.56. The topological polar surface area (TPSA) is 86.7 Å². The van der Waals surface area contributed by atoms with Gasteiger partial charge in [-0.15, -0.1) is 0 Å². The van der Waals surface area contributed by atoms with E-state index >= 15 is 0 Å². The van der Waals surface area contributed by atoms with E-state index in [4.69, 9.17) is 5.11 Å². The summed E-state index contributed by atoms with van der Waals surface area (Å²) in [6, 6.07) is 6.35. The Morgan fingerprint density at radius 1 is 1.09 bits per heavy atom. The van der Waals surface area contributed by atoms with Crippen LogP contribution >= 0.6 is 0 Å². The van der Waals surface area contributed by atoms with E-state index in [1.165, 1.54) is 6.92 Å². The van der Waals surface area contributed by atoms with Crippen molar-refractivity contribution in [3.63, 3.8) is 0 Å². The van der Waals surface area contributed by atoms with Crippen LogP contribution in [0.2, 0.25) is 0 Å². The number of carbonyl (C=O) groups is 3. The van der Waals surface area contributed by atoms with Crippen molar-refractivity contribution >= 4 is 17.8 Å². The zero-order valence-corrected chi connectivity index (χ0v) is 13.1. The number of aliphatic carboxylic acids is 1. The second-order valence-electron chi connectivity index (χ2n) is 5.00. The van der Waals surface area contributed by atoms with E-state index in [2.05, 4.69) is 5.32 Å². The summed E-state index contributed by atoms with van der Waals surface area (Å²) in [7, 11) is 0. The molecule has 1 atom stereocenters. The number of hydrogen-bond acceptors (Lipinski definition) is 3. The maximum absolute atomic E-state index is 12.1. The van der Waals surface area contributed by atoms with Gasteiger partial charge in [0.25, 0.3) is 11.8 Å². The van der Waals surface area contributed by atoms with E-state index in [9.17, 15) is 14.4 Å². The lowest BCUT2D eigenvalue weighted by molar-refractivity contribution is -0.140. The van der Waals surface area contributed by atoms with Gasteiger partial charge in [-0.1, -0.05) is 6.92 Å². The molecule has 120 valence electrons. The Morgan fingerprint density at radius 2 is 1.59 bits per heavy atom. The molecule has 2 amide bonds. The van der Waals surface area contributed by atoms with E-state index in [1.54, 1.807) is 29.2 Å². The molecule has 1 aromatic rings. The highest BCUT2D eigenvalue weighted by atomic mass is 16.4. The number of carboxylic acid groups (broad SMARTS) is 1. The molecule has 0 aliphatic carbocycles. The Hall–Kier alpha value is -2.37. The van der Waals surface area contributed by atoms with Crippen molar-refractivity contribution in [3.05, 3.63) is 35.4 Å². The molecular formula is C16H22N2O4. The van der Waals surface area contributed by atoms with E-state index in [0.717, 1.165) is 0 Å². The van der Waals surface area contributed by atoms with Crippen molar-refractivity contribution in [1.29, 1.82) is 0 Å². The summed E-state index contributed by atoms with van der Waals surface area (Å²) in [5.74, 6) is -2.03. The van der Waals surface area contributed by atoms with Crippen molar-refractivity contribution in [3.8, 4) is 0 Å². The van der Waals surface area contributed by atoms with Gasteiger partial charge >= 0.3 is 5.97 Å². The Labute approximate surface area is 130 Å². The first kappa shape index (κ1) is 17.7. The summed E-state index contributed by atoms with van der Waals surface area (Å²) >= 11 is 0. The van der Waals surface area contributed by atoms with Gasteiger partial charge in [0.05, 0.1) is 5.92 Å². The minimum absolute atomic E-state index is 0.0638. The van der Waals surface area contributed by atoms with Crippen LogP contribution in [0.1, 0.15) is 41.5 Å². The molecule has 0 saturated carbocycles. The molecule has 6 heteroatoms. The predicted octanol–water partition coefficient (Wildman–Crippen LogP) is 1.62. The van der Waals surface area contributed by atoms with Gasteiger partial charge in [0.1, 0.15) is 0 Å². The van der Waals surface area contributed by atoms with Crippen LogP contribution in [-0.2, 0) is 4.79 Å². The molecule has 22 heavy (non-hydrogen) atoms. The van der Waals surface area contributed by atoms with E-state index in [0.29, 0.717) is 24.2 Å². The summed E-state index contributed by atoms with van der Waals surface area (Å²) in [4.78, 5) is 36.4. The van der Waals surface area contributed by atoms with Gasteiger partial charge in [-0.3, -0.25) is 14.4 Å². The Morgan fingerprint density at radius 3 is 2.05 bits per heavy atom. The molecule has 0 radical (unpaired) electrons. The first-order valence-corrected chi connectivity index (χ1v) is 7.31. The summed E-state index contributed by atoms with van der Waals surface area (Å²) in [6.07, 6.45) is 0. The van der Waals surface area contributed by atoms with Gasteiger partial charge in [0.15, 0.2) is 0 Å². The number of carboxylic acids is 1. The number of benzene rings is 1. The van der Waals surface area contributed by atoms with Crippen LogP contribution < -0.4 is 5.32 Å². The van der Waals surface area contributed by atoms with Crippen molar-refractivity contribution in [2.75, 3.05) is 19.6 Å². The third-order valence-corrected chi connectivity index (χ3v) is 3.44. The third kappa shape index (κ3) is 4.58. The smallest absolute Gasteiger partial charge is 0.308 e. The van der Waals surface area contributed by atoms with Crippen LogP contribution in [0.3, 0.4) is 0 Å². The molecule has 0 aliphatic heterocycles. The summed E-state index contributed by atoms with van der Waals surface area (Å²) in [5, 5.41) is 11.3. The van der Waals surface area contributed by atoms with Crippen LogP contribution in [0.25, 0.3) is 0 Å². The second-order valence-corrected chi connectivity index (χ2v) is 5.00. The van der Waals surface area contributed by atoms with Crippen LogP contribution in [0.15, 0.2) is 24.3 Å². The molecule has 0 spiro atoms. The fourth-order valence-corrected chi connectivity index (χ4v) is 1.89. The lowest BCUT2D eigenvalue weighted by Crippen LogP contribution is -2.32. The molecule has 0 aromatic heterocycles. The fraction of sp³-hybridized carbons (Fsp3) is 0.438. The van der Waals surface area contributed by atoms with Crippen molar-refractivity contribution in [2.24, 2.45) is 5.92 Å². The number of nitrogens with one attached hydrogen (secondary N) is 1. The summed E-state index contributed by atoms with van der Waals surface area (Å²) in [5.41, 5.74) is 0.924. The molecule has 0 aliphatic rings. The first-order valence-electron chi connectivity index (χ1n) is 7.31. The first-order chi connectivity index (χ1) is 10.4. The van der Waals surface area contributed by atoms with Crippen LogP contribution in [0.5, 0.6) is 0 Å². The van der Waals surface area contributed by atoms with Crippen molar-refractivity contribution in [1.82, 2.24) is 10.2 Å². The molecular weight excluding hydrogens is 284 g/mol. The van der Waals surface area contributed by atoms with Gasteiger partial charge in [-0.05, 0) is 38.1 Å². The maximum Gasteiger partial charge on any atom is 0.308 e. The van der Waals surface area contributed by atoms with Crippen molar-refractivity contribution < 1.29 is 19.5 Å². The number of hydrogen-bond donors (Lipinski definition) is 2. The lowest BCUT2D eigenvalue weighted by atomic mass is 10.1. The van der Waals surface area contributed by atoms with Crippen LogP contribution in [-0.4, -0.2) is 47.4 Å². The molecule has 1 aromatic carbocycles. The van der Waals surface area contributed by atoms with E-state index < -0.39 is 11.9 Å². The number of carbonyl (C=O) groups excluding carboxylic acids is 2. The average Bonchev–Trinajstić information content (AvgIpc) is 2.53. The Bertz CT molecular complexity index is 536. The molecule has 1 rings (SSSR count). The number of rotatable bonds is 7. The molecule has 0 fully saturated rings. The highest BCUT2D eigenvalue weighted by Gasteiger charge is 2.15. The van der Waals surface area contributed by atoms with Gasteiger partial charge in [0.2, 0.25) is 0 Å². The molecule has 0 heterocycles. The quantitative estimate of drug-likeness (QED) is 0.801. The molecule has 6 nitrogen and oxygen atoms in total. The van der Waals surface area contributed by atoms with Gasteiger partial charge in [-0.2, -0.15) is 0 Å². The van der Waals surface area contributed by atoms with Gasteiger partial charge < -0.3 is 15.3 Å². The maximum atomic E-state index is 12.1. The number of nitrogens with zero attached hydrogens (tertiary/aromatic N) is 1. The molecule has 0 bridgehead atoms. The number of amides is 2. The minimum Gasteiger partial charge on any atom is -0.481 e. The standard InChI is InChI=1S/C16H22N2O4/c1-4-18(5-2)15(20)13-8-6-12(7-9-13)14(19)17-10-11(3)16(21)22/h6-9,11H,4-5,10H2,1-3H3,(H,17,19)(H,21,22). The SMILES string of the molecule is CCN(CC)C(=O)c1ccc(C(=O)NCC(C)C(=O)O)cc1. The highest BCUT2D eigenvalue weighted by molar-refractivity contribution is 5.97. The van der Waals surface area contributed by atoms with Gasteiger partial charge in [-0.25, -0.2) is 0 Å². The van der Waals surface area contributed by atoms with Crippen LogP contribution in [0, 0.1) is 5.92 Å². The molecule has 0 saturated heterocycles. The van der Waals surface area contributed by atoms with E-state index in [1.807, 2.05) is 13.8 Å². The highest BCUT2D eigenvalue weighted by Crippen LogP contribution is 2.08. The fourth-order valence-electron chi connectivity index (χ4n) is 1.89.